The van der Waals surface area contributed by atoms with Crippen LogP contribution in [0.15, 0.2) is 53.7 Å². The van der Waals surface area contributed by atoms with Crippen LogP contribution in [0.4, 0.5) is 5.95 Å². The fourth-order valence-corrected chi connectivity index (χ4v) is 3.62. The fraction of sp³-hybridized carbons (Fsp3) is 0.238. The SMILES string of the molecule is COc1cc(C2C(C(C)=O)=C(C)Nc3nnnn32)ccc1OCc1ccc(Cl)cc1. The average Bonchev–Trinajstić information content (AvgIpc) is 3.20. The highest BCUT2D eigenvalue weighted by Crippen LogP contribution is 2.38. The van der Waals surface area contributed by atoms with Gasteiger partial charge >= 0.3 is 0 Å². The van der Waals surface area contributed by atoms with Crippen molar-refractivity contribution in [2.45, 2.75) is 26.5 Å². The van der Waals surface area contributed by atoms with Crippen molar-refractivity contribution in [3.63, 3.8) is 0 Å². The van der Waals surface area contributed by atoms with Gasteiger partial charge in [-0.05, 0) is 59.7 Å². The molecule has 1 N–H and O–H groups in total. The summed E-state index contributed by atoms with van der Waals surface area (Å²) in [5.41, 5.74) is 3.11. The molecule has 0 saturated carbocycles. The van der Waals surface area contributed by atoms with E-state index >= 15 is 0 Å². The number of carbonyl (C=O) groups excluding carboxylic acids is 1. The van der Waals surface area contributed by atoms with Crippen molar-refractivity contribution >= 4 is 23.3 Å². The second-order valence-corrected chi connectivity index (χ2v) is 7.33. The molecule has 1 atom stereocenters. The van der Waals surface area contributed by atoms with E-state index in [2.05, 4.69) is 20.8 Å². The largest absolute Gasteiger partial charge is 0.493 e. The molecule has 0 spiro atoms. The van der Waals surface area contributed by atoms with Gasteiger partial charge in [0.1, 0.15) is 12.6 Å². The van der Waals surface area contributed by atoms with Gasteiger partial charge in [-0.1, -0.05) is 34.9 Å². The Morgan fingerprint density at radius 1 is 1.20 bits per heavy atom. The van der Waals surface area contributed by atoms with Crippen LogP contribution in [-0.2, 0) is 11.4 Å². The van der Waals surface area contributed by atoms with Crippen LogP contribution in [0.5, 0.6) is 11.5 Å². The molecule has 1 unspecified atom stereocenters. The van der Waals surface area contributed by atoms with Crippen LogP contribution < -0.4 is 14.8 Å². The number of halogens is 1. The monoisotopic (exact) mass is 425 g/mol. The van der Waals surface area contributed by atoms with Gasteiger partial charge in [0.05, 0.1) is 7.11 Å². The number of carbonyl (C=O) groups is 1. The Morgan fingerprint density at radius 3 is 2.67 bits per heavy atom. The summed E-state index contributed by atoms with van der Waals surface area (Å²) < 4.78 is 13.1. The summed E-state index contributed by atoms with van der Waals surface area (Å²) >= 11 is 5.93. The van der Waals surface area contributed by atoms with E-state index in [0.29, 0.717) is 34.6 Å². The zero-order valence-electron chi connectivity index (χ0n) is 16.7. The standard InChI is InChI=1S/C21H20ClN5O3/c1-12-19(13(2)28)20(27-21(23-12)24-25-26-27)15-6-9-17(18(10-15)29-3)30-11-14-4-7-16(22)8-5-14/h4-10,20H,11H2,1-3H3,(H,23,24,26). The summed E-state index contributed by atoms with van der Waals surface area (Å²) in [7, 11) is 1.58. The minimum atomic E-state index is -0.465. The number of ether oxygens (including phenoxy) is 2. The molecule has 9 heteroatoms. The fourth-order valence-electron chi connectivity index (χ4n) is 3.49. The van der Waals surface area contributed by atoms with Gasteiger partial charge in [-0.15, -0.1) is 0 Å². The molecule has 0 bridgehead atoms. The van der Waals surface area contributed by atoms with E-state index in [9.17, 15) is 4.79 Å². The number of methoxy groups -OCH3 is 1. The lowest BCUT2D eigenvalue weighted by Gasteiger charge is -2.27. The van der Waals surface area contributed by atoms with Crippen molar-refractivity contribution < 1.29 is 14.3 Å². The molecule has 2 heterocycles. The predicted molar refractivity (Wildman–Crippen MR) is 112 cm³/mol. The number of rotatable bonds is 6. The Balaban J connectivity index is 1.66. The van der Waals surface area contributed by atoms with Crippen LogP contribution in [0.25, 0.3) is 0 Å². The molecule has 1 aliphatic heterocycles. The number of fused-ring (bicyclic) bond motifs is 1. The Bertz CT molecular complexity index is 1120. The lowest BCUT2D eigenvalue weighted by Crippen LogP contribution is -2.27. The summed E-state index contributed by atoms with van der Waals surface area (Å²) in [6.07, 6.45) is 0. The van der Waals surface area contributed by atoms with Crippen molar-refractivity contribution in [3.05, 3.63) is 69.9 Å². The molecule has 0 amide bonds. The van der Waals surface area contributed by atoms with Crippen LogP contribution in [-0.4, -0.2) is 33.1 Å². The molecular weight excluding hydrogens is 406 g/mol. The zero-order valence-corrected chi connectivity index (χ0v) is 17.5. The highest BCUT2D eigenvalue weighted by molar-refractivity contribution is 6.30. The normalized spacial score (nSPS) is 15.4. The third kappa shape index (κ3) is 3.73. The zero-order chi connectivity index (χ0) is 21.3. The van der Waals surface area contributed by atoms with Gasteiger partial charge in [-0.25, -0.2) is 0 Å². The summed E-state index contributed by atoms with van der Waals surface area (Å²) in [5, 5.41) is 15.5. The van der Waals surface area contributed by atoms with E-state index in [4.69, 9.17) is 21.1 Å². The lowest BCUT2D eigenvalue weighted by molar-refractivity contribution is -0.114. The summed E-state index contributed by atoms with van der Waals surface area (Å²) in [6.45, 7) is 3.74. The molecule has 0 saturated heterocycles. The third-order valence-electron chi connectivity index (χ3n) is 4.90. The van der Waals surface area contributed by atoms with E-state index < -0.39 is 6.04 Å². The number of tetrazole rings is 1. The second-order valence-electron chi connectivity index (χ2n) is 6.89. The first-order valence-electron chi connectivity index (χ1n) is 9.29. The second kappa shape index (κ2) is 8.16. The molecule has 154 valence electrons. The molecule has 3 aromatic rings. The molecule has 0 fully saturated rings. The average molecular weight is 426 g/mol. The van der Waals surface area contributed by atoms with E-state index in [-0.39, 0.29) is 5.78 Å². The molecule has 8 nitrogen and oxygen atoms in total. The predicted octanol–water partition coefficient (Wildman–Crippen LogP) is 3.79. The number of hydrogen-bond acceptors (Lipinski definition) is 7. The Hall–Kier alpha value is -3.39. The topological polar surface area (TPSA) is 91.2 Å². The highest BCUT2D eigenvalue weighted by Gasteiger charge is 2.32. The summed E-state index contributed by atoms with van der Waals surface area (Å²) in [6, 6.07) is 12.5. The number of allylic oxidation sites excluding steroid dienone is 2. The van der Waals surface area contributed by atoms with E-state index in [1.807, 2.05) is 49.4 Å². The van der Waals surface area contributed by atoms with E-state index in [1.54, 1.807) is 11.8 Å². The van der Waals surface area contributed by atoms with Crippen LogP contribution in [0, 0.1) is 0 Å². The molecule has 2 aromatic carbocycles. The van der Waals surface area contributed by atoms with Gasteiger partial charge in [0.15, 0.2) is 17.3 Å². The Kier molecular flexibility index (Phi) is 5.41. The first-order valence-corrected chi connectivity index (χ1v) is 9.67. The number of aromatic nitrogens is 4. The van der Waals surface area contributed by atoms with Crippen molar-refractivity contribution in [3.8, 4) is 11.5 Å². The number of hydrogen-bond donors (Lipinski definition) is 1. The van der Waals surface area contributed by atoms with Crippen LogP contribution in [0.1, 0.15) is 31.0 Å². The third-order valence-corrected chi connectivity index (χ3v) is 5.16. The quantitative estimate of drug-likeness (QED) is 0.642. The minimum Gasteiger partial charge on any atom is -0.493 e. The number of benzene rings is 2. The number of ketones is 1. The number of nitrogens with zero attached hydrogens (tertiary/aromatic N) is 4. The lowest BCUT2D eigenvalue weighted by atomic mass is 9.93. The number of anilines is 1. The maximum Gasteiger partial charge on any atom is 0.248 e. The molecule has 30 heavy (non-hydrogen) atoms. The smallest absolute Gasteiger partial charge is 0.248 e. The van der Waals surface area contributed by atoms with Crippen molar-refractivity contribution in [2.24, 2.45) is 0 Å². The van der Waals surface area contributed by atoms with Crippen molar-refractivity contribution in [1.82, 2.24) is 20.2 Å². The number of nitrogens with one attached hydrogen (secondary N) is 1. The summed E-state index contributed by atoms with van der Waals surface area (Å²) in [5.74, 6) is 1.56. The molecule has 1 aliphatic rings. The van der Waals surface area contributed by atoms with Gasteiger partial charge in [0, 0.05) is 16.3 Å². The first-order chi connectivity index (χ1) is 14.5. The molecule has 4 rings (SSSR count). The highest BCUT2D eigenvalue weighted by atomic mass is 35.5. The van der Waals surface area contributed by atoms with Gasteiger partial charge < -0.3 is 14.8 Å². The maximum atomic E-state index is 12.4. The molecular formula is C21H20ClN5O3. The Labute approximate surface area is 178 Å². The molecule has 0 aliphatic carbocycles. The van der Waals surface area contributed by atoms with Crippen molar-refractivity contribution in [1.29, 1.82) is 0 Å². The van der Waals surface area contributed by atoms with Gasteiger partial charge in [0.2, 0.25) is 5.95 Å². The maximum absolute atomic E-state index is 12.4. The summed E-state index contributed by atoms with van der Waals surface area (Å²) in [4.78, 5) is 12.4. The van der Waals surface area contributed by atoms with Crippen molar-refractivity contribution in [2.75, 3.05) is 12.4 Å². The first kappa shape index (κ1) is 19.9. The van der Waals surface area contributed by atoms with Crippen LogP contribution in [0.2, 0.25) is 5.02 Å². The number of Topliss-reactive ketones (excluding diaryl/α,β-unsaturated/α-hetero) is 1. The molecule has 1 aromatic heterocycles. The van der Waals surface area contributed by atoms with Gasteiger partial charge in [-0.2, -0.15) is 4.68 Å². The Morgan fingerprint density at radius 2 is 1.97 bits per heavy atom. The van der Waals surface area contributed by atoms with E-state index in [0.717, 1.165) is 16.8 Å². The van der Waals surface area contributed by atoms with Gasteiger partial charge in [0.25, 0.3) is 0 Å². The minimum absolute atomic E-state index is 0.0619. The van der Waals surface area contributed by atoms with Crippen LogP contribution >= 0.6 is 11.6 Å². The van der Waals surface area contributed by atoms with E-state index in [1.165, 1.54) is 6.92 Å². The molecule has 0 radical (unpaired) electrons. The van der Waals surface area contributed by atoms with Crippen LogP contribution in [0.3, 0.4) is 0 Å². The van der Waals surface area contributed by atoms with Gasteiger partial charge in [-0.3, -0.25) is 4.79 Å².